The minimum absolute atomic E-state index is 0.114. The Balaban J connectivity index is 2.34. The molecule has 1 aromatic rings. The first kappa shape index (κ1) is 14.4. The normalized spacial score (nSPS) is 11.7. The highest BCUT2D eigenvalue weighted by Crippen LogP contribution is 2.19. The Morgan fingerprint density at radius 2 is 2.12 bits per heavy atom. The van der Waals surface area contributed by atoms with Crippen LogP contribution in [-0.2, 0) is 16.4 Å². The van der Waals surface area contributed by atoms with E-state index < -0.39 is 15.7 Å². The maximum Gasteiger partial charge on any atom is 0.147 e. The van der Waals surface area contributed by atoms with Crippen LogP contribution in [-0.4, -0.2) is 27.0 Å². The lowest BCUT2D eigenvalue weighted by Gasteiger charge is -2.06. The standard InChI is InChI=1S/C11H15ClFNO2S/c1-17(15,16)7-3-6-14-8-9-4-2-5-10(13)11(9)12/h2,4-5,14H,3,6-8H2,1H3. The molecule has 0 aliphatic carbocycles. The van der Waals surface area contributed by atoms with E-state index in [1.165, 1.54) is 12.3 Å². The molecule has 0 heterocycles. The fourth-order valence-electron chi connectivity index (χ4n) is 1.37. The summed E-state index contributed by atoms with van der Waals surface area (Å²) in [5.74, 6) is -0.293. The van der Waals surface area contributed by atoms with Gasteiger partial charge in [0, 0.05) is 12.8 Å². The Morgan fingerprint density at radius 1 is 1.41 bits per heavy atom. The molecule has 1 rings (SSSR count). The maximum atomic E-state index is 13.1. The summed E-state index contributed by atoms with van der Waals surface area (Å²) < 4.78 is 34.8. The van der Waals surface area contributed by atoms with Crippen LogP contribution in [0.4, 0.5) is 4.39 Å². The molecule has 0 fully saturated rings. The summed E-state index contributed by atoms with van der Waals surface area (Å²) in [4.78, 5) is 0. The SMILES string of the molecule is CS(=O)(=O)CCCNCc1cccc(F)c1Cl. The van der Waals surface area contributed by atoms with Gasteiger partial charge in [-0.1, -0.05) is 23.7 Å². The summed E-state index contributed by atoms with van der Waals surface area (Å²) in [6, 6.07) is 4.62. The van der Waals surface area contributed by atoms with Crippen LogP contribution in [0.5, 0.6) is 0 Å². The summed E-state index contributed by atoms with van der Waals surface area (Å²) in [6.07, 6.45) is 1.74. The van der Waals surface area contributed by atoms with Gasteiger partial charge in [0.2, 0.25) is 0 Å². The number of halogens is 2. The highest BCUT2D eigenvalue weighted by molar-refractivity contribution is 7.90. The molecule has 6 heteroatoms. The van der Waals surface area contributed by atoms with E-state index in [1.807, 2.05) is 0 Å². The van der Waals surface area contributed by atoms with E-state index in [2.05, 4.69) is 5.32 Å². The van der Waals surface area contributed by atoms with E-state index in [0.717, 1.165) is 0 Å². The molecule has 0 spiro atoms. The number of hydrogen-bond donors (Lipinski definition) is 1. The lowest BCUT2D eigenvalue weighted by Crippen LogP contribution is -2.18. The lowest BCUT2D eigenvalue weighted by atomic mass is 10.2. The highest BCUT2D eigenvalue weighted by atomic mass is 35.5. The third-order valence-corrected chi connectivity index (χ3v) is 3.67. The predicted molar refractivity (Wildman–Crippen MR) is 67.4 cm³/mol. The van der Waals surface area contributed by atoms with E-state index in [-0.39, 0.29) is 10.8 Å². The predicted octanol–water partition coefficient (Wildman–Crippen LogP) is 2.00. The Kier molecular flexibility index (Phi) is 5.36. The molecule has 0 aliphatic heterocycles. The van der Waals surface area contributed by atoms with Gasteiger partial charge in [-0.05, 0) is 24.6 Å². The molecule has 0 aliphatic rings. The topological polar surface area (TPSA) is 46.2 Å². The van der Waals surface area contributed by atoms with E-state index in [0.29, 0.717) is 25.1 Å². The summed E-state index contributed by atoms with van der Waals surface area (Å²) in [6.45, 7) is 0.986. The van der Waals surface area contributed by atoms with Crippen LogP contribution < -0.4 is 5.32 Å². The largest absolute Gasteiger partial charge is 0.313 e. The fourth-order valence-corrected chi connectivity index (χ4v) is 2.23. The van der Waals surface area contributed by atoms with Gasteiger partial charge in [0.15, 0.2) is 0 Å². The Labute approximate surface area is 106 Å². The summed E-state index contributed by atoms with van der Waals surface area (Å²) in [5, 5.41) is 3.14. The van der Waals surface area contributed by atoms with Gasteiger partial charge in [-0.15, -0.1) is 0 Å². The average molecular weight is 280 g/mol. The number of nitrogens with one attached hydrogen (secondary N) is 1. The monoisotopic (exact) mass is 279 g/mol. The molecule has 0 amide bonds. The van der Waals surface area contributed by atoms with Crippen molar-refractivity contribution in [1.29, 1.82) is 0 Å². The number of rotatable bonds is 6. The van der Waals surface area contributed by atoms with Gasteiger partial charge < -0.3 is 5.32 Å². The zero-order valence-corrected chi connectivity index (χ0v) is 11.1. The highest BCUT2D eigenvalue weighted by Gasteiger charge is 2.05. The van der Waals surface area contributed by atoms with Gasteiger partial charge in [0.05, 0.1) is 10.8 Å². The van der Waals surface area contributed by atoms with Gasteiger partial charge in [0.25, 0.3) is 0 Å². The van der Waals surface area contributed by atoms with Crippen molar-refractivity contribution < 1.29 is 12.8 Å². The van der Waals surface area contributed by atoms with E-state index in [4.69, 9.17) is 11.6 Å². The van der Waals surface area contributed by atoms with Gasteiger partial charge in [-0.25, -0.2) is 12.8 Å². The molecular formula is C11H15ClFNO2S. The van der Waals surface area contributed by atoms with Crippen molar-refractivity contribution in [2.75, 3.05) is 18.6 Å². The second kappa shape index (κ2) is 6.33. The van der Waals surface area contributed by atoms with Gasteiger partial charge in [-0.3, -0.25) is 0 Å². The molecule has 0 bridgehead atoms. The van der Waals surface area contributed by atoms with Crippen molar-refractivity contribution in [3.63, 3.8) is 0 Å². The third-order valence-electron chi connectivity index (χ3n) is 2.22. The van der Waals surface area contributed by atoms with Crippen LogP contribution in [0.25, 0.3) is 0 Å². The minimum atomic E-state index is -2.91. The second-order valence-corrected chi connectivity index (χ2v) is 6.51. The lowest BCUT2D eigenvalue weighted by molar-refractivity contribution is 0.593. The Bertz CT molecular complexity index is 476. The first-order valence-electron chi connectivity index (χ1n) is 5.21. The van der Waals surface area contributed by atoms with Crippen molar-refractivity contribution in [3.05, 3.63) is 34.6 Å². The molecule has 0 unspecified atom stereocenters. The van der Waals surface area contributed by atoms with Crippen molar-refractivity contribution in [2.24, 2.45) is 0 Å². The minimum Gasteiger partial charge on any atom is -0.313 e. The van der Waals surface area contributed by atoms with E-state index >= 15 is 0 Å². The summed E-state index contributed by atoms with van der Waals surface area (Å²) in [7, 11) is -2.91. The van der Waals surface area contributed by atoms with Crippen LogP contribution in [0.3, 0.4) is 0 Å². The molecule has 0 aromatic heterocycles. The van der Waals surface area contributed by atoms with Crippen molar-refractivity contribution in [3.8, 4) is 0 Å². The number of benzene rings is 1. The fraction of sp³-hybridized carbons (Fsp3) is 0.455. The van der Waals surface area contributed by atoms with Gasteiger partial charge in [0.1, 0.15) is 15.7 Å². The molecule has 0 radical (unpaired) electrons. The third kappa shape index (κ3) is 5.48. The molecule has 1 N–H and O–H groups in total. The average Bonchev–Trinajstić information content (AvgIpc) is 2.22. The Hall–Kier alpha value is -0.650. The van der Waals surface area contributed by atoms with Gasteiger partial charge >= 0.3 is 0 Å². The molecule has 96 valence electrons. The molecular weight excluding hydrogens is 265 g/mol. The van der Waals surface area contributed by atoms with Crippen molar-refractivity contribution in [1.82, 2.24) is 5.32 Å². The van der Waals surface area contributed by atoms with E-state index in [1.54, 1.807) is 12.1 Å². The zero-order valence-electron chi connectivity index (χ0n) is 9.54. The molecule has 3 nitrogen and oxygen atoms in total. The van der Waals surface area contributed by atoms with E-state index in [9.17, 15) is 12.8 Å². The summed E-state index contributed by atoms with van der Waals surface area (Å²) >= 11 is 5.77. The van der Waals surface area contributed by atoms with Crippen LogP contribution in [0.1, 0.15) is 12.0 Å². The number of hydrogen-bond acceptors (Lipinski definition) is 3. The first-order chi connectivity index (χ1) is 7.90. The molecule has 1 aromatic carbocycles. The second-order valence-electron chi connectivity index (χ2n) is 3.87. The van der Waals surface area contributed by atoms with Crippen molar-refractivity contribution in [2.45, 2.75) is 13.0 Å². The molecule has 0 saturated heterocycles. The first-order valence-corrected chi connectivity index (χ1v) is 7.65. The molecule has 0 saturated carbocycles. The smallest absolute Gasteiger partial charge is 0.147 e. The molecule has 0 atom stereocenters. The van der Waals surface area contributed by atoms with Crippen LogP contribution in [0.2, 0.25) is 5.02 Å². The molecule has 17 heavy (non-hydrogen) atoms. The van der Waals surface area contributed by atoms with Crippen LogP contribution >= 0.6 is 11.6 Å². The van der Waals surface area contributed by atoms with Crippen LogP contribution in [0.15, 0.2) is 18.2 Å². The van der Waals surface area contributed by atoms with Crippen molar-refractivity contribution >= 4 is 21.4 Å². The number of sulfone groups is 1. The zero-order chi connectivity index (χ0) is 12.9. The maximum absolute atomic E-state index is 13.1. The van der Waals surface area contributed by atoms with Gasteiger partial charge in [-0.2, -0.15) is 0 Å². The quantitative estimate of drug-likeness (QED) is 0.810. The summed E-state index contributed by atoms with van der Waals surface area (Å²) in [5.41, 5.74) is 0.672. The Morgan fingerprint density at radius 3 is 2.76 bits per heavy atom. The van der Waals surface area contributed by atoms with Crippen LogP contribution in [0, 0.1) is 5.82 Å².